The van der Waals surface area contributed by atoms with Crippen LogP contribution in [0.2, 0.25) is 0 Å². The molecule has 2 nitrogen and oxygen atoms in total. The Bertz CT molecular complexity index is 426. The van der Waals surface area contributed by atoms with Crippen molar-refractivity contribution in [3.8, 4) is 0 Å². The van der Waals surface area contributed by atoms with Gasteiger partial charge in [-0.3, -0.25) is 4.98 Å². The Morgan fingerprint density at radius 3 is 2.57 bits per heavy atom. The van der Waals surface area contributed by atoms with Gasteiger partial charge in [0.2, 0.25) is 0 Å². The van der Waals surface area contributed by atoms with Crippen LogP contribution in [-0.4, -0.2) is 4.98 Å². The van der Waals surface area contributed by atoms with E-state index in [1.807, 2.05) is 37.3 Å². The predicted molar refractivity (Wildman–Crippen MR) is 61.6 cm³/mol. The van der Waals surface area contributed by atoms with Gasteiger partial charge in [0.05, 0.1) is 11.2 Å². The van der Waals surface area contributed by atoms with E-state index in [0.29, 0.717) is 0 Å². The summed E-state index contributed by atoms with van der Waals surface area (Å²) < 4.78 is 0. The van der Waals surface area contributed by atoms with E-state index in [2.05, 4.69) is 11.1 Å². The zero-order valence-corrected chi connectivity index (χ0v) is 8.79. The number of halogens is 1. The molecule has 1 heterocycles. The fourth-order valence-corrected chi connectivity index (χ4v) is 1.34. The smallest absolute Gasteiger partial charge is 0.0706 e. The van der Waals surface area contributed by atoms with Gasteiger partial charge in [-0.2, -0.15) is 0 Å². The quantitative estimate of drug-likeness (QED) is 0.783. The molecule has 0 unspecified atom stereocenters. The number of rotatable bonds is 1. The molecule has 0 aliphatic heterocycles. The van der Waals surface area contributed by atoms with Crippen molar-refractivity contribution in [2.75, 3.05) is 0 Å². The van der Waals surface area contributed by atoms with E-state index in [1.54, 1.807) is 0 Å². The molecule has 74 valence electrons. The lowest BCUT2D eigenvalue weighted by molar-refractivity contribution is 0.787. The molecule has 0 aliphatic carbocycles. The number of hydrogen-bond acceptors (Lipinski definition) is 2. The summed E-state index contributed by atoms with van der Waals surface area (Å²) in [6.45, 7) is 1.94. The molecular formula is C11H13ClN2. The zero-order chi connectivity index (χ0) is 9.26. The minimum Gasteiger partial charge on any atom is -0.323 e. The van der Waals surface area contributed by atoms with Crippen LogP contribution in [0.25, 0.3) is 10.9 Å². The largest absolute Gasteiger partial charge is 0.323 e. The third kappa shape index (κ3) is 2.03. The van der Waals surface area contributed by atoms with E-state index in [9.17, 15) is 0 Å². The zero-order valence-electron chi connectivity index (χ0n) is 7.97. The van der Waals surface area contributed by atoms with Crippen molar-refractivity contribution in [1.29, 1.82) is 0 Å². The third-order valence-electron chi connectivity index (χ3n) is 2.09. The fourth-order valence-electron chi connectivity index (χ4n) is 1.34. The standard InChI is InChI=1S/C11H12N2.ClH/c1-8(12)10-7-6-9-4-2-3-5-11(9)13-10;/h2-8H,12H2,1H3;1H/t8-;/m0./s1. The summed E-state index contributed by atoms with van der Waals surface area (Å²) in [6, 6.07) is 12.1. The molecule has 0 amide bonds. The number of para-hydroxylation sites is 1. The Morgan fingerprint density at radius 2 is 1.86 bits per heavy atom. The van der Waals surface area contributed by atoms with Gasteiger partial charge in [-0.15, -0.1) is 12.4 Å². The minimum atomic E-state index is 0. The van der Waals surface area contributed by atoms with Gasteiger partial charge >= 0.3 is 0 Å². The van der Waals surface area contributed by atoms with Gasteiger partial charge in [0, 0.05) is 11.4 Å². The van der Waals surface area contributed by atoms with Gasteiger partial charge in [0.25, 0.3) is 0 Å². The molecule has 0 bridgehead atoms. The van der Waals surface area contributed by atoms with Crippen LogP contribution in [0.4, 0.5) is 0 Å². The van der Waals surface area contributed by atoms with Crippen molar-refractivity contribution < 1.29 is 0 Å². The molecule has 1 atom stereocenters. The molecule has 1 aromatic carbocycles. The maximum atomic E-state index is 5.74. The Hall–Kier alpha value is -1.12. The Balaban J connectivity index is 0.000000980. The van der Waals surface area contributed by atoms with Gasteiger partial charge in [-0.1, -0.05) is 24.3 Å². The summed E-state index contributed by atoms with van der Waals surface area (Å²) in [5, 5.41) is 1.16. The van der Waals surface area contributed by atoms with E-state index in [1.165, 1.54) is 0 Å². The van der Waals surface area contributed by atoms with E-state index < -0.39 is 0 Å². The van der Waals surface area contributed by atoms with Crippen LogP contribution in [0, 0.1) is 0 Å². The normalized spacial score (nSPS) is 12.1. The molecular weight excluding hydrogens is 196 g/mol. The molecule has 0 saturated carbocycles. The van der Waals surface area contributed by atoms with Crippen molar-refractivity contribution in [1.82, 2.24) is 4.98 Å². The molecule has 3 heteroatoms. The van der Waals surface area contributed by atoms with Crippen LogP contribution >= 0.6 is 12.4 Å². The summed E-state index contributed by atoms with van der Waals surface area (Å²) in [7, 11) is 0. The highest BCUT2D eigenvalue weighted by atomic mass is 35.5. The second kappa shape index (κ2) is 4.40. The summed E-state index contributed by atoms with van der Waals surface area (Å²) in [5.41, 5.74) is 7.70. The summed E-state index contributed by atoms with van der Waals surface area (Å²) in [5.74, 6) is 0. The summed E-state index contributed by atoms with van der Waals surface area (Å²) >= 11 is 0. The molecule has 14 heavy (non-hydrogen) atoms. The molecule has 0 fully saturated rings. The number of nitrogens with zero attached hydrogens (tertiary/aromatic N) is 1. The first-order valence-electron chi connectivity index (χ1n) is 4.38. The second-order valence-electron chi connectivity index (χ2n) is 3.22. The van der Waals surface area contributed by atoms with Gasteiger partial charge in [0.1, 0.15) is 0 Å². The van der Waals surface area contributed by atoms with Gasteiger partial charge in [-0.05, 0) is 19.1 Å². The number of nitrogens with two attached hydrogens (primary N) is 1. The van der Waals surface area contributed by atoms with E-state index >= 15 is 0 Å². The van der Waals surface area contributed by atoms with Crippen LogP contribution < -0.4 is 5.73 Å². The summed E-state index contributed by atoms with van der Waals surface area (Å²) in [6.07, 6.45) is 0. The molecule has 2 N–H and O–H groups in total. The van der Waals surface area contributed by atoms with Crippen molar-refractivity contribution in [3.05, 3.63) is 42.1 Å². The van der Waals surface area contributed by atoms with Gasteiger partial charge < -0.3 is 5.73 Å². The topological polar surface area (TPSA) is 38.9 Å². The summed E-state index contributed by atoms with van der Waals surface area (Å²) in [4.78, 5) is 4.45. The highest BCUT2D eigenvalue weighted by molar-refractivity contribution is 5.85. The molecule has 0 spiro atoms. The van der Waals surface area contributed by atoms with Gasteiger partial charge in [0.15, 0.2) is 0 Å². The number of hydrogen-bond donors (Lipinski definition) is 1. The van der Waals surface area contributed by atoms with Crippen molar-refractivity contribution in [3.63, 3.8) is 0 Å². The average Bonchev–Trinajstić information content (AvgIpc) is 2.17. The highest BCUT2D eigenvalue weighted by Crippen LogP contribution is 2.14. The average molecular weight is 209 g/mol. The predicted octanol–water partition coefficient (Wildman–Crippen LogP) is 2.68. The molecule has 2 rings (SSSR count). The van der Waals surface area contributed by atoms with Crippen molar-refractivity contribution in [2.45, 2.75) is 13.0 Å². The SMILES string of the molecule is C[C@H](N)c1ccc2ccccc2n1.Cl. The van der Waals surface area contributed by atoms with Crippen LogP contribution in [0.3, 0.4) is 0 Å². The maximum absolute atomic E-state index is 5.74. The van der Waals surface area contributed by atoms with Gasteiger partial charge in [-0.25, -0.2) is 0 Å². The molecule has 0 aliphatic rings. The molecule has 0 radical (unpaired) electrons. The van der Waals surface area contributed by atoms with Crippen LogP contribution in [0.5, 0.6) is 0 Å². The number of aromatic nitrogens is 1. The Morgan fingerprint density at radius 1 is 1.14 bits per heavy atom. The van der Waals surface area contributed by atoms with Crippen LogP contribution in [-0.2, 0) is 0 Å². The van der Waals surface area contributed by atoms with Crippen molar-refractivity contribution >= 4 is 23.3 Å². The number of benzene rings is 1. The molecule has 2 aromatic rings. The maximum Gasteiger partial charge on any atom is 0.0706 e. The minimum absolute atomic E-state index is 0. The first-order chi connectivity index (χ1) is 6.27. The van der Waals surface area contributed by atoms with Crippen molar-refractivity contribution in [2.24, 2.45) is 5.73 Å². The van der Waals surface area contributed by atoms with Crippen LogP contribution in [0.15, 0.2) is 36.4 Å². The number of pyridine rings is 1. The Labute approximate surface area is 89.6 Å². The molecule has 0 saturated heterocycles. The monoisotopic (exact) mass is 208 g/mol. The van der Waals surface area contributed by atoms with Crippen LogP contribution in [0.1, 0.15) is 18.7 Å². The lowest BCUT2D eigenvalue weighted by Crippen LogP contribution is -2.06. The van der Waals surface area contributed by atoms with E-state index in [4.69, 9.17) is 5.73 Å². The number of fused-ring (bicyclic) bond motifs is 1. The lowest BCUT2D eigenvalue weighted by atomic mass is 10.1. The van der Waals surface area contributed by atoms with E-state index in [-0.39, 0.29) is 18.4 Å². The first kappa shape index (κ1) is 11.0. The first-order valence-corrected chi connectivity index (χ1v) is 4.38. The molecule has 1 aromatic heterocycles. The van der Waals surface area contributed by atoms with E-state index in [0.717, 1.165) is 16.6 Å². The Kier molecular flexibility index (Phi) is 3.44. The third-order valence-corrected chi connectivity index (χ3v) is 2.09. The highest BCUT2D eigenvalue weighted by Gasteiger charge is 2.01. The second-order valence-corrected chi connectivity index (χ2v) is 3.22. The fraction of sp³-hybridized carbons (Fsp3) is 0.182. The lowest BCUT2D eigenvalue weighted by Gasteiger charge is -2.05.